The molecule has 3 aliphatic rings. The maximum Gasteiger partial charge on any atom is 0.240 e. The molecule has 2 amide bonds. The summed E-state index contributed by atoms with van der Waals surface area (Å²) in [6.07, 6.45) is 5.19. The SMILES string of the molecule is O=C(c1ccccc1)[C@H]1[C@H]2C(=O)N(c3cccc(Br)c3)C(=O)[C@H]2C2C=CC=NN21. The van der Waals surface area contributed by atoms with Gasteiger partial charge in [0.05, 0.1) is 23.6 Å². The number of rotatable bonds is 3. The minimum Gasteiger partial charge on any atom is -0.292 e. The van der Waals surface area contributed by atoms with E-state index in [1.165, 1.54) is 4.90 Å². The van der Waals surface area contributed by atoms with Crippen LogP contribution in [-0.2, 0) is 9.59 Å². The first kappa shape index (κ1) is 18.0. The van der Waals surface area contributed by atoms with E-state index in [-0.39, 0.29) is 17.6 Å². The lowest BCUT2D eigenvalue weighted by molar-refractivity contribution is -0.123. The number of fused-ring (bicyclic) bond motifs is 3. The van der Waals surface area contributed by atoms with Gasteiger partial charge in [-0.2, -0.15) is 5.10 Å². The molecule has 4 atom stereocenters. The first-order valence-corrected chi connectivity index (χ1v) is 10.1. The van der Waals surface area contributed by atoms with Crippen LogP contribution >= 0.6 is 15.9 Å². The molecule has 3 aliphatic heterocycles. The highest BCUT2D eigenvalue weighted by atomic mass is 79.9. The van der Waals surface area contributed by atoms with Crippen molar-refractivity contribution >= 4 is 45.4 Å². The number of amides is 2. The van der Waals surface area contributed by atoms with Crippen LogP contribution in [0.4, 0.5) is 5.69 Å². The third-order valence-electron chi connectivity index (χ3n) is 5.68. The predicted molar refractivity (Wildman–Crippen MR) is 111 cm³/mol. The lowest BCUT2D eigenvalue weighted by Crippen LogP contribution is -2.46. The molecule has 0 aromatic heterocycles. The number of hydrazone groups is 1. The monoisotopic (exact) mass is 449 g/mol. The Morgan fingerprint density at radius 2 is 1.72 bits per heavy atom. The van der Waals surface area contributed by atoms with E-state index in [0.29, 0.717) is 11.3 Å². The number of Topliss-reactive ketones (excluding diaryl/α,β-unsaturated/α-hetero) is 1. The fraction of sp³-hybridized carbons (Fsp3) is 0.182. The summed E-state index contributed by atoms with van der Waals surface area (Å²) in [7, 11) is 0. The second-order valence-corrected chi connectivity index (χ2v) is 8.15. The normalized spacial score (nSPS) is 27.3. The molecule has 0 saturated carbocycles. The number of allylic oxidation sites excluding steroid dienone is 1. The fourth-order valence-electron chi connectivity index (χ4n) is 4.48. The van der Waals surface area contributed by atoms with Gasteiger partial charge in [0, 0.05) is 16.3 Å². The summed E-state index contributed by atoms with van der Waals surface area (Å²) in [5, 5.41) is 5.98. The molecule has 2 aromatic rings. The van der Waals surface area contributed by atoms with E-state index in [1.807, 2.05) is 18.2 Å². The number of imide groups is 1. The molecule has 144 valence electrons. The summed E-state index contributed by atoms with van der Waals surface area (Å²) in [5.74, 6) is -2.27. The van der Waals surface area contributed by atoms with Crippen molar-refractivity contribution < 1.29 is 14.4 Å². The summed E-state index contributed by atoms with van der Waals surface area (Å²) < 4.78 is 0.772. The van der Waals surface area contributed by atoms with Gasteiger partial charge in [-0.05, 0) is 24.3 Å². The van der Waals surface area contributed by atoms with Crippen LogP contribution in [0.1, 0.15) is 10.4 Å². The van der Waals surface area contributed by atoms with Crippen LogP contribution < -0.4 is 4.90 Å². The topological polar surface area (TPSA) is 70.0 Å². The van der Waals surface area contributed by atoms with Gasteiger partial charge in [0.25, 0.3) is 0 Å². The number of carbonyl (C=O) groups excluding carboxylic acids is 3. The Balaban J connectivity index is 1.59. The second kappa shape index (κ2) is 6.77. The molecule has 2 aromatic carbocycles. The second-order valence-electron chi connectivity index (χ2n) is 7.24. The van der Waals surface area contributed by atoms with E-state index in [4.69, 9.17) is 0 Å². The molecule has 3 heterocycles. The number of benzene rings is 2. The molecule has 1 unspecified atom stereocenters. The Labute approximate surface area is 175 Å². The predicted octanol–water partition coefficient (Wildman–Crippen LogP) is 3.05. The summed E-state index contributed by atoms with van der Waals surface area (Å²) >= 11 is 3.39. The van der Waals surface area contributed by atoms with Gasteiger partial charge in [-0.3, -0.25) is 19.4 Å². The van der Waals surface area contributed by atoms with Gasteiger partial charge in [0.2, 0.25) is 11.8 Å². The van der Waals surface area contributed by atoms with Crippen molar-refractivity contribution in [1.82, 2.24) is 5.01 Å². The van der Waals surface area contributed by atoms with Gasteiger partial charge >= 0.3 is 0 Å². The van der Waals surface area contributed by atoms with Crippen molar-refractivity contribution in [3.63, 3.8) is 0 Å². The number of hydrogen-bond donors (Lipinski definition) is 0. The molecule has 0 N–H and O–H groups in total. The number of hydrogen-bond acceptors (Lipinski definition) is 5. The Kier molecular flexibility index (Phi) is 4.20. The zero-order valence-electron chi connectivity index (χ0n) is 15.2. The van der Waals surface area contributed by atoms with Crippen molar-refractivity contribution in [1.29, 1.82) is 0 Å². The third-order valence-corrected chi connectivity index (χ3v) is 6.18. The Morgan fingerprint density at radius 3 is 2.48 bits per heavy atom. The number of ketones is 1. The molecule has 7 heteroatoms. The van der Waals surface area contributed by atoms with E-state index in [0.717, 1.165) is 4.47 Å². The fourth-order valence-corrected chi connectivity index (χ4v) is 4.87. The molecule has 0 bridgehead atoms. The number of carbonyl (C=O) groups is 3. The average Bonchev–Trinajstić information content (AvgIpc) is 3.21. The van der Waals surface area contributed by atoms with Crippen LogP contribution in [0, 0.1) is 11.8 Å². The number of halogens is 1. The molecule has 5 rings (SSSR count). The molecular weight excluding hydrogens is 434 g/mol. The quantitative estimate of drug-likeness (QED) is 0.533. The van der Waals surface area contributed by atoms with Crippen molar-refractivity contribution in [2.45, 2.75) is 12.1 Å². The Morgan fingerprint density at radius 1 is 0.966 bits per heavy atom. The summed E-state index contributed by atoms with van der Waals surface area (Å²) in [6.45, 7) is 0. The van der Waals surface area contributed by atoms with E-state index in [2.05, 4.69) is 21.0 Å². The summed E-state index contributed by atoms with van der Waals surface area (Å²) in [6, 6.07) is 14.7. The van der Waals surface area contributed by atoms with E-state index in [1.54, 1.807) is 59.8 Å². The highest BCUT2D eigenvalue weighted by Crippen LogP contribution is 2.46. The molecule has 0 aliphatic carbocycles. The van der Waals surface area contributed by atoms with Gasteiger partial charge < -0.3 is 0 Å². The van der Waals surface area contributed by atoms with Gasteiger partial charge in [0.15, 0.2) is 5.78 Å². The van der Waals surface area contributed by atoms with Gasteiger partial charge in [0.1, 0.15) is 6.04 Å². The van der Waals surface area contributed by atoms with Crippen LogP contribution in [0.25, 0.3) is 0 Å². The van der Waals surface area contributed by atoms with Crippen LogP contribution in [0.3, 0.4) is 0 Å². The molecule has 29 heavy (non-hydrogen) atoms. The molecule has 6 nitrogen and oxygen atoms in total. The zero-order valence-corrected chi connectivity index (χ0v) is 16.8. The van der Waals surface area contributed by atoms with E-state index < -0.39 is 23.9 Å². The van der Waals surface area contributed by atoms with Gasteiger partial charge in [-0.1, -0.05) is 58.4 Å². The molecule has 2 fully saturated rings. The summed E-state index contributed by atoms with van der Waals surface area (Å²) in [5.41, 5.74) is 1.01. The van der Waals surface area contributed by atoms with E-state index >= 15 is 0 Å². The maximum atomic E-state index is 13.4. The lowest BCUT2D eigenvalue weighted by Gasteiger charge is -2.30. The largest absolute Gasteiger partial charge is 0.292 e. The Hall–Kier alpha value is -3.06. The van der Waals surface area contributed by atoms with Crippen LogP contribution in [0.15, 0.2) is 76.3 Å². The lowest BCUT2D eigenvalue weighted by atomic mass is 9.86. The summed E-state index contributed by atoms with van der Waals surface area (Å²) in [4.78, 5) is 41.4. The highest BCUT2D eigenvalue weighted by Gasteiger charge is 2.64. The van der Waals surface area contributed by atoms with Crippen LogP contribution in [0.2, 0.25) is 0 Å². The smallest absolute Gasteiger partial charge is 0.240 e. The van der Waals surface area contributed by atoms with E-state index in [9.17, 15) is 14.4 Å². The maximum absolute atomic E-state index is 13.4. The first-order chi connectivity index (χ1) is 14.1. The van der Waals surface area contributed by atoms with Gasteiger partial charge in [-0.15, -0.1) is 0 Å². The van der Waals surface area contributed by atoms with Crippen molar-refractivity contribution in [3.05, 3.63) is 76.8 Å². The van der Waals surface area contributed by atoms with Crippen LogP contribution in [-0.4, -0.2) is 40.9 Å². The minimum absolute atomic E-state index is 0.201. The van der Waals surface area contributed by atoms with Gasteiger partial charge in [-0.25, -0.2) is 4.90 Å². The first-order valence-electron chi connectivity index (χ1n) is 9.29. The minimum atomic E-state index is -0.817. The van der Waals surface area contributed by atoms with Crippen molar-refractivity contribution in [3.8, 4) is 0 Å². The zero-order chi connectivity index (χ0) is 20.1. The standard InChI is InChI=1S/C22H16BrN3O3/c23-14-8-4-9-15(12-14)25-21(28)17-16-10-5-11-24-26(16)19(18(17)22(25)29)20(27)13-6-2-1-3-7-13/h1-12,16-19H/t16?,17-,18-,19+/m0/s1. The van der Waals surface area contributed by atoms with Crippen molar-refractivity contribution in [2.75, 3.05) is 4.90 Å². The van der Waals surface area contributed by atoms with Crippen molar-refractivity contribution in [2.24, 2.45) is 16.9 Å². The molecular formula is C22H16BrN3O3. The molecule has 2 saturated heterocycles. The Bertz CT molecular complexity index is 1080. The third kappa shape index (κ3) is 2.68. The average molecular weight is 450 g/mol. The molecule has 0 radical (unpaired) electrons. The number of nitrogens with zero attached hydrogens (tertiary/aromatic N) is 3. The molecule has 0 spiro atoms. The van der Waals surface area contributed by atoms with Crippen LogP contribution in [0.5, 0.6) is 0 Å². The highest BCUT2D eigenvalue weighted by molar-refractivity contribution is 9.10. The number of anilines is 1.